The number of aliphatic hydroxyl groups is 1. The zero-order valence-corrected chi connectivity index (χ0v) is 10.2. The van der Waals surface area contributed by atoms with E-state index in [1.165, 1.54) is 18.6 Å². The van der Waals surface area contributed by atoms with Crippen molar-refractivity contribution < 1.29 is 18.6 Å². The Morgan fingerprint density at radius 2 is 1.94 bits per heavy atom. The Balaban J connectivity index is 1.90. The lowest BCUT2D eigenvalue weighted by Gasteiger charge is -2.23. The number of halogens is 2. The lowest BCUT2D eigenvalue weighted by molar-refractivity contribution is -0.0256. The van der Waals surface area contributed by atoms with Crippen LogP contribution in [-0.4, -0.2) is 17.8 Å². The van der Waals surface area contributed by atoms with Crippen LogP contribution in [0, 0.1) is 11.6 Å². The Kier molecular flexibility index (Phi) is 4.66. The van der Waals surface area contributed by atoms with Crippen molar-refractivity contribution in [3.8, 4) is 0 Å². The number of hydrogen-bond donors (Lipinski definition) is 1. The molecule has 0 bridgehead atoms. The normalized spacial score (nSPS) is 18.8. The molecule has 1 saturated carbocycles. The smallest absolute Gasteiger partial charge is 0.164 e. The van der Waals surface area contributed by atoms with Gasteiger partial charge in [0, 0.05) is 5.56 Å². The van der Waals surface area contributed by atoms with Gasteiger partial charge in [-0.05, 0) is 18.9 Å². The van der Waals surface area contributed by atoms with Crippen LogP contribution in [0.2, 0.25) is 0 Å². The number of rotatable bonds is 4. The van der Waals surface area contributed by atoms with Crippen LogP contribution in [0.4, 0.5) is 8.78 Å². The second kappa shape index (κ2) is 6.25. The summed E-state index contributed by atoms with van der Waals surface area (Å²) < 4.78 is 32.0. The molecule has 18 heavy (non-hydrogen) atoms. The van der Waals surface area contributed by atoms with E-state index in [4.69, 9.17) is 4.74 Å². The van der Waals surface area contributed by atoms with Crippen LogP contribution < -0.4 is 0 Å². The molecule has 2 nitrogen and oxygen atoms in total. The van der Waals surface area contributed by atoms with E-state index in [1.54, 1.807) is 0 Å². The Bertz CT molecular complexity index is 389. The van der Waals surface area contributed by atoms with E-state index >= 15 is 0 Å². The fourth-order valence-electron chi connectivity index (χ4n) is 2.33. The van der Waals surface area contributed by atoms with Gasteiger partial charge in [-0.2, -0.15) is 0 Å². The minimum atomic E-state index is -1.11. The van der Waals surface area contributed by atoms with Crippen molar-refractivity contribution in [1.29, 1.82) is 0 Å². The first-order valence-corrected chi connectivity index (χ1v) is 6.42. The molecule has 0 aliphatic heterocycles. The first-order valence-electron chi connectivity index (χ1n) is 6.42. The van der Waals surface area contributed by atoms with Gasteiger partial charge in [0.2, 0.25) is 0 Å². The average Bonchev–Trinajstić information content (AvgIpc) is 2.40. The molecule has 0 heterocycles. The van der Waals surface area contributed by atoms with Gasteiger partial charge in [0.25, 0.3) is 0 Å². The third-order valence-corrected chi connectivity index (χ3v) is 3.38. The van der Waals surface area contributed by atoms with E-state index in [0.29, 0.717) is 0 Å². The van der Waals surface area contributed by atoms with Gasteiger partial charge in [0.15, 0.2) is 11.6 Å². The molecule has 100 valence electrons. The summed E-state index contributed by atoms with van der Waals surface area (Å²) in [6, 6.07) is 3.80. The van der Waals surface area contributed by atoms with E-state index in [0.717, 1.165) is 31.7 Å². The van der Waals surface area contributed by atoms with Crippen LogP contribution in [0.25, 0.3) is 0 Å². The third-order valence-electron chi connectivity index (χ3n) is 3.38. The fourth-order valence-corrected chi connectivity index (χ4v) is 2.33. The number of hydrogen-bond acceptors (Lipinski definition) is 2. The zero-order valence-electron chi connectivity index (χ0n) is 10.2. The Hall–Kier alpha value is -1.00. The molecule has 1 aromatic rings. The maximum atomic E-state index is 13.4. The molecule has 1 aromatic carbocycles. The second-order valence-electron chi connectivity index (χ2n) is 4.75. The molecule has 1 aliphatic carbocycles. The topological polar surface area (TPSA) is 29.5 Å². The van der Waals surface area contributed by atoms with Gasteiger partial charge in [-0.15, -0.1) is 0 Å². The maximum absolute atomic E-state index is 13.4. The van der Waals surface area contributed by atoms with Crippen LogP contribution in [-0.2, 0) is 4.74 Å². The van der Waals surface area contributed by atoms with Crippen LogP contribution in [0.3, 0.4) is 0 Å². The van der Waals surface area contributed by atoms with E-state index < -0.39 is 17.7 Å². The number of aliphatic hydroxyl groups excluding tert-OH is 1. The van der Waals surface area contributed by atoms with E-state index in [9.17, 15) is 13.9 Å². The summed E-state index contributed by atoms with van der Waals surface area (Å²) in [4.78, 5) is 0. The largest absolute Gasteiger partial charge is 0.386 e. The van der Waals surface area contributed by atoms with Gasteiger partial charge < -0.3 is 9.84 Å². The molecule has 0 radical (unpaired) electrons. The monoisotopic (exact) mass is 256 g/mol. The minimum absolute atomic E-state index is 0.0189. The first-order chi connectivity index (χ1) is 8.68. The van der Waals surface area contributed by atoms with Gasteiger partial charge in [0.1, 0.15) is 6.10 Å². The molecule has 1 fully saturated rings. The maximum Gasteiger partial charge on any atom is 0.164 e. The summed E-state index contributed by atoms with van der Waals surface area (Å²) in [5, 5.41) is 9.82. The highest BCUT2D eigenvalue weighted by Gasteiger charge is 2.19. The van der Waals surface area contributed by atoms with Gasteiger partial charge in [-0.1, -0.05) is 31.4 Å². The van der Waals surface area contributed by atoms with Crippen molar-refractivity contribution in [2.45, 2.75) is 44.3 Å². The highest BCUT2D eigenvalue weighted by molar-refractivity contribution is 5.21. The Morgan fingerprint density at radius 1 is 1.22 bits per heavy atom. The van der Waals surface area contributed by atoms with Gasteiger partial charge in [0.05, 0.1) is 12.7 Å². The second-order valence-corrected chi connectivity index (χ2v) is 4.75. The van der Waals surface area contributed by atoms with Gasteiger partial charge in [-0.25, -0.2) is 8.78 Å². The van der Waals surface area contributed by atoms with Crippen molar-refractivity contribution in [3.63, 3.8) is 0 Å². The predicted octanol–water partition coefficient (Wildman–Crippen LogP) is 3.35. The average molecular weight is 256 g/mol. The molecule has 1 atom stereocenters. The molecular formula is C14H18F2O2. The van der Waals surface area contributed by atoms with Gasteiger partial charge in [-0.3, -0.25) is 0 Å². The summed E-state index contributed by atoms with van der Waals surface area (Å²) >= 11 is 0. The lowest BCUT2D eigenvalue weighted by Crippen LogP contribution is -2.20. The van der Waals surface area contributed by atoms with Gasteiger partial charge >= 0.3 is 0 Å². The molecule has 0 spiro atoms. The van der Waals surface area contributed by atoms with E-state index in [-0.39, 0.29) is 18.3 Å². The van der Waals surface area contributed by atoms with Crippen molar-refractivity contribution in [3.05, 3.63) is 35.4 Å². The quantitative estimate of drug-likeness (QED) is 0.895. The summed E-state index contributed by atoms with van der Waals surface area (Å²) in [6.45, 7) is 0.0189. The summed E-state index contributed by atoms with van der Waals surface area (Å²) in [6.07, 6.45) is 4.49. The SMILES string of the molecule is OC(COC1CCCCC1)c1cccc(F)c1F. The van der Waals surface area contributed by atoms with Crippen LogP contribution in [0.15, 0.2) is 18.2 Å². The molecule has 1 unspecified atom stereocenters. The third kappa shape index (κ3) is 3.27. The molecule has 0 saturated heterocycles. The van der Waals surface area contributed by atoms with E-state index in [1.807, 2.05) is 0 Å². The summed E-state index contributed by atoms with van der Waals surface area (Å²) in [7, 11) is 0. The summed E-state index contributed by atoms with van der Waals surface area (Å²) in [5.41, 5.74) is -0.0363. The summed E-state index contributed by atoms with van der Waals surface area (Å²) in [5.74, 6) is -1.93. The highest BCUT2D eigenvalue weighted by Crippen LogP contribution is 2.24. The number of benzene rings is 1. The van der Waals surface area contributed by atoms with Crippen molar-refractivity contribution >= 4 is 0 Å². The zero-order chi connectivity index (χ0) is 13.0. The molecule has 1 N–H and O–H groups in total. The van der Waals surface area contributed by atoms with Crippen molar-refractivity contribution in [1.82, 2.24) is 0 Å². The molecule has 2 rings (SSSR count). The van der Waals surface area contributed by atoms with Crippen molar-refractivity contribution in [2.75, 3.05) is 6.61 Å². The van der Waals surface area contributed by atoms with E-state index in [2.05, 4.69) is 0 Å². The molecule has 0 aromatic heterocycles. The lowest BCUT2D eigenvalue weighted by atomic mass is 9.98. The van der Waals surface area contributed by atoms with Crippen LogP contribution >= 0.6 is 0 Å². The van der Waals surface area contributed by atoms with Crippen LogP contribution in [0.5, 0.6) is 0 Å². The molecular weight excluding hydrogens is 238 g/mol. The Morgan fingerprint density at radius 3 is 2.67 bits per heavy atom. The molecule has 0 amide bonds. The molecule has 1 aliphatic rings. The molecule has 4 heteroatoms. The highest BCUT2D eigenvalue weighted by atomic mass is 19.2. The Labute approximate surface area is 106 Å². The fraction of sp³-hybridized carbons (Fsp3) is 0.571. The minimum Gasteiger partial charge on any atom is -0.386 e. The first kappa shape index (κ1) is 13.4. The van der Waals surface area contributed by atoms with Crippen LogP contribution in [0.1, 0.15) is 43.8 Å². The standard InChI is InChI=1S/C14H18F2O2/c15-12-8-4-7-11(14(12)16)13(17)9-18-10-5-2-1-3-6-10/h4,7-8,10,13,17H,1-3,5-6,9H2. The van der Waals surface area contributed by atoms with Crippen molar-refractivity contribution in [2.24, 2.45) is 0 Å². The number of ether oxygens (including phenoxy) is 1. The predicted molar refractivity (Wildman–Crippen MR) is 64.1 cm³/mol.